The van der Waals surface area contributed by atoms with Crippen LogP contribution in [0.4, 0.5) is 10.8 Å². The normalized spacial score (nSPS) is 22.1. The molecule has 1 unspecified atom stereocenters. The Morgan fingerprint density at radius 1 is 1.62 bits per heavy atom. The molecule has 0 spiro atoms. The lowest BCUT2D eigenvalue weighted by Crippen LogP contribution is -2.17. The number of nitrogens with two attached hydrogens (primary N) is 1. The van der Waals surface area contributed by atoms with Gasteiger partial charge in [0, 0.05) is 17.4 Å². The Hall–Kier alpha value is -0.420. The summed E-state index contributed by atoms with van der Waals surface area (Å²) >= 11 is 3.47. The molecular formula is C8H13N3S2. The summed E-state index contributed by atoms with van der Waals surface area (Å²) in [5, 5.41) is 4.63. The molecule has 1 atom stereocenters. The average Bonchev–Trinajstić information content (AvgIpc) is 2.71. The maximum atomic E-state index is 5.67. The highest BCUT2D eigenvalue weighted by Crippen LogP contribution is 2.29. The Kier molecular flexibility index (Phi) is 2.64. The molecule has 1 fully saturated rings. The molecule has 1 saturated heterocycles. The molecule has 0 aromatic carbocycles. The number of nitrogens with one attached hydrogen (secondary N) is 1. The molecule has 0 radical (unpaired) electrons. The van der Waals surface area contributed by atoms with Crippen molar-refractivity contribution in [3.05, 3.63) is 5.56 Å². The fourth-order valence-electron chi connectivity index (χ4n) is 1.32. The number of anilines is 2. The fraction of sp³-hybridized carbons (Fsp3) is 0.625. The Morgan fingerprint density at radius 3 is 3.00 bits per heavy atom. The van der Waals surface area contributed by atoms with Gasteiger partial charge in [0.1, 0.15) is 10.8 Å². The highest BCUT2D eigenvalue weighted by molar-refractivity contribution is 7.99. The summed E-state index contributed by atoms with van der Waals surface area (Å²) in [7, 11) is 0. The summed E-state index contributed by atoms with van der Waals surface area (Å²) in [6.45, 7) is 2.02. The lowest BCUT2D eigenvalue weighted by molar-refractivity contribution is 0.815. The molecule has 3 nitrogen and oxygen atoms in total. The summed E-state index contributed by atoms with van der Waals surface area (Å²) in [5.41, 5.74) is 6.77. The Bertz CT molecular complexity index is 292. The molecule has 72 valence electrons. The van der Waals surface area contributed by atoms with E-state index in [4.69, 9.17) is 5.73 Å². The molecule has 0 aliphatic carbocycles. The minimum Gasteiger partial charge on any atom is -0.383 e. The maximum Gasteiger partial charge on any atom is 0.142 e. The van der Waals surface area contributed by atoms with Gasteiger partial charge in [0.05, 0.1) is 0 Å². The van der Waals surface area contributed by atoms with Gasteiger partial charge in [-0.05, 0) is 30.6 Å². The van der Waals surface area contributed by atoms with Gasteiger partial charge < -0.3 is 11.1 Å². The summed E-state index contributed by atoms with van der Waals surface area (Å²) in [5.74, 6) is 3.14. The third-order valence-corrected chi connectivity index (χ3v) is 4.28. The summed E-state index contributed by atoms with van der Waals surface area (Å²) in [6, 6.07) is 0.614. The van der Waals surface area contributed by atoms with Crippen LogP contribution >= 0.6 is 23.3 Å². The molecule has 2 heterocycles. The van der Waals surface area contributed by atoms with Crippen molar-refractivity contribution in [1.82, 2.24) is 4.37 Å². The van der Waals surface area contributed by atoms with Crippen LogP contribution < -0.4 is 11.1 Å². The minimum atomic E-state index is 0.614. The number of aromatic nitrogens is 1. The van der Waals surface area contributed by atoms with Crippen LogP contribution in [0.15, 0.2) is 0 Å². The zero-order valence-electron chi connectivity index (χ0n) is 7.54. The summed E-state index contributed by atoms with van der Waals surface area (Å²) in [6.07, 6.45) is 1.25. The van der Waals surface area contributed by atoms with Crippen molar-refractivity contribution < 1.29 is 0 Å². The molecule has 1 aliphatic heterocycles. The minimum absolute atomic E-state index is 0.614. The van der Waals surface area contributed by atoms with Gasteiger partial charge in [-0.15, -0.1) is 0 Å². The van der Waals surface area contributed by atoms with E-state index >= 15 is 0 Å². The Labute approximate surface area is 86.3 Å². The Balaban J connectivity index is 2.04. The topological polar surface area (TPSA) is 50.9 Å². The smallest absolute Gasteiger partial charge is 0.142 e. The summed E-state index contributed by atoms with van der Waals surface area (Å²) < 4.78 is 4.11. The highest BCUT2D eigenvalue weighted by Gasteiger charge is 2.17. The third kappa shape index (κ3) is 1.91. The van der Waals surface area contributed by atoms with Gasteiger partial charge in [-0.2, -0.15) is 16.1 Å². The predicted molar refractivity (Wildman–Crippen MR) is 60.6 cm³/mol. The second-order valence-corrected chi connectivity index (χ2v) is 5.15. The van der Waals surface area contributed by atoms with Gasteiger partial charge >= 0.3 is 0 Å². The van der Waals surface area contributed by atoms with Crippen molar-refractivity contribution >= 4 is 34.1 Å². The molecule has 0 saturated carbocycles. The number of nitrogen functional groups attached to an aromatic ring is 1. The van der Waals surface area contributed by atoms with Crippen molar-refractivity contribution in [3.8, 4) is 0 Å². The molecule has 5 heteroatoms. The van der Waals surface area contributed by atoms with Crippen LogP contribution in [0.1, 0.15) is 12.0 Å². The number of hydrogen-bond donors (Lipinski definition) is 2. The molecule has 3 N–H and O–H groups in total. The van der Waals surface area contributed by atoms with Crippen LogP contribution in [0.25, 0.3) is 0 Å². The SMILES string of the molecule is Cc1c(N)nsc1NC1CCSC1. The van der Waals surface area contributed by atoms with Crippen LogP contribution in [0.5, 0.6) is 0 Å². The first-order valence-corrected chi connectivity index (χ1v) is 6.26. The van der Waals surface area contributed by atoms with Crippen molar-refractivity contribution in [3.63, 3.8) is 0 Å². The quantitative estimate of drug-likeness (QED) is 0.791. The first-order valence-electron chi connectivity index (χ1n) is 4.33. The molecule has 2 rings (SSSR count). The van der Waals surface area contributed by atoms with E-state index in [0.717, 1.165) is 10.6 Å². The zero-order valence-corrected chi connectivity index (χ0v) is 9.17. The van der Waals surface area contributed by atoms with E-state index < -0.39 is 0 Å². The van der Waals surface area contributed by atoms with E-state index in [1.54, 1.807) is 0 Å². The Morgan fingerprint density at radius 2 is 2.46 bits per heavy atom. The summed E-state index contributed by atoms with van der Waals surface area (Å²) in [4.78, 5) is 0. The first-order chi connectivity index (χ1) is 6.27. The molecule has 0 bridgehead atoms. The van der Waals surface area contributed by atoms with E-state index in [1.807, 2.05) is 18.7 Å². The van der Waals surface area contributed by atoms with Crippen LogP contribution in [0.2, 0.25) is 0 Å². The van der Waals surface area contributed by atoms with E-state index in [2.05, 4.69) is 9.69 Å². The van der Waals surface area contributed by atoms with Crippen molar-refractivity contribution in [2.45, 2.75) is 19.4 Å². The second kappa shape index (κ2) is 3.75. The largest absolute Gasteiger partial charge is 0.383 e. The third-order valence-electron chi connectivity index (χ3n) is 2.22. The van der Waals surface area contributed by atoms with Gasteiger partial charge in [-0.25, -0.2) is 0 Å². The van der Waals surface area contributed by atoms with E-state index in [0.29, 0.717) is 11.9 Å². The number of hydrogen-bond acceptors (Lipinski definition) is 5. The van der Waals surface area contributed by atoms with Crippen LogP contribution in [-0.2, 0) is 0 Å². The van der Waals surface area contributed by atoms with E-state index in [1.165, 1.54) is 29.5 Å². The highest BCUT2D eigenvalue weighted by atomic mass is 32.2. The van der Waals surface area contributed by atoms with Crippen LogP contribution in [-0.4, -0.2) is 21.9 Å². The molecule has 13 heavy (non-hydrogen) atoms. The number of rotatable bonds is 2. The molecule has 1 aromatic rings. The lowest BCUT2D eigenvalue weighted by Gasteiger charge is -2.10. The predicted octanol–water partition coefficient (Wildman–Crippen LogP) is 1.95. The molecule has 0 amide bonds. The van der Waals surface area contributed by atoms with Crippen LogP contribution in [0, 0.1) is 6.92 Å². The average molecular weight is 215 g/mol. The maximum absolute atomic E-state index is 5.67. The molecule has 1 aromatic heterocycles. The van der Waals surface area contributed by atoms with Crippen molar-refractivity contribution in [2.24, 2.45) is 0 Å². The van der Waals surface area contributed by atoms with Gasteiger partial charge in [0.15, 0.2) is 0 Å². The molecular weight excluding hydrogens is 202 g/mol. The monoisotopic (exact) mass is 215 g/mol. The van der Waals surface area contributed by atoms with Crippen molar-refractivity contribution in [2.75, 3.05) is 22.6 Å². The van der Waals surface area contributed by atoms with Crippen molar-refractivity contribution in [1.29, 1.82) is 0 Å². The second-order valence-electron chi connectivity index (χ2n) is 3.23. The number of thioether (sulfide) groups is 1. The van der Waals surface area contributed by atoms with Gasteiger partial charge in [0.25, 0.3) is 0 Å². The van der Waals surface area contributed by atoms with E-state index in [9.17, 15) is 0 Å². The van der Waals surface area contributed by atoms with Gasteiger partial charge in [-0.3, -0.25) is 0 Å². The number of nitrogens with zero attached hydrogens (tertiary/aromatic N) is 1. The van der Waals surface area contributed by atoms with Gasteiger partial charge in [0.2, 0.25) is 0 Å². The van der Waals surface area contributed by atoms with Crippen LogP contribution in [0.3, 0.4) is 0 Å². The molecule has 1 aliphatic rings. The van der Waals surface area contributed by atoms with Gasteiger partial charge in [-0.1, -0.05) is 0 Å². The van der Waals surface area contributed by atoms with E-state index in [-0.39, 0.29) is 0 Å². The zero-order chi connectivity index (χ0) is 9.26. The lowest BCUT2D eigenvalue weighted by atomic mass is 10.2. The fourth-order valence-corrected chi connectivity index (χ4v) is 3.26. The first kappa shape index (κ1) is 9.15. The standard InChI is InChI=1S/C8H13N3S2/c1-5-7(9)11-13-8(5)10-6-2-3-12-4-6/h6,10H,2-4H2,1H3,(H2,9,11).